The van der Waals surface area contributed by atoms with Crippen molar-refractivity contribution in [3.63, 3.8) is 0 Å². The second-order valence-electron chi connectivity index (χ2n) is 3.63. The first-order valence-corrected chi connectivity index (χ1v) is 6.72. The highest BCUT2D eigenvalue weighted by Gasteiger charge is 2.09. The number of nitrogens with one attached hydrogen (secondary N) is 1. The Morgan fingerprint density at radius 1 is 1.50 bits per heavy atom. The number of thiazole rings is 1. The van der Waals surface area contributed by atoms with Gasteiger partial charge in [-0.05, 0) is 0 Å². The largest absolute Gasteiger partial charge is 0.291 e. The summed E-state index contributed by atoms with van der Waals surface area (Å²) >= 11 is 7.45. The van der Waals surface area contributed by atoms with Crippen LogP contribution in [0.5, 0.6) is 0 Å². The van der Waals surface area contributed by atoms with E-state index in [1.165, 1.54) is 36.1 Å². The monoisotopic (exact) mass is 306 g/mol. The van der Waals surface area contributed by atoms with Gasteiger partial charge in [0.2, 0.25) is 0 Å². The summed E-state index contributed by atoms with van der Waals surface area (Å²) in [7, 11) is 0. The lowest BCUT2D eigenvalue weighted by atomic mass is 10.4. The molecular formula is C11H7ClN6OS. The number of hydrogen-bond donors (Lipinski definition) is 1. The average molecular weight is 307 g/mol. The molecule has 1 N–H and O–H groups in total. The van der Waals surface area contributed by atoms with E-state index in [2.05, 4.69) is 25.5 Å². The van der Waals surface area contributed by atoms with Gasteiger partial charge in [-0.3, -0.25) is 14.2 Å². The number of carbonyl (C=O) groups excluding carboxylic acids is 1. The number of hydrogen-bond acceptors (Lipinski definition) is 6. The van der Waals surface area contributed by atoms with Gasteiger partial charge in [-0.2, -0.15) is 5.10 Å². The molecule has 0 radical (unpaired) electrons. The zero-order valence-electron chi connectivity index (χ0n) is 9.89. The molecule has 0 aliphatic rings. The van der Waals surface area contributed by atoms with Crippen LogP contribution in [-0.2, 0) is 0 Å². The van der Waals surface area contributed by atoms with Gasteiger partial charge in [0, 0.05) is 24.0 Å². The minimum Gasteiger partial charge on any atom is -0.288 e. The van der Waals surface area contributed by atoms with Crippen molar-refractivity contribution < 1.29 is 4.79 Å². The lowest BCUT2D eigenvalue weighted by Crippen LogP contribution is -2.19. The molecule has 0 atom stereocenters. The van der Waals surface area contributed by atoms with E-state index in [4.69, 9.17) is 11.6 Å². The maximum atomic E-state index is 11.7. The fourth-order valence-electron chi connectivity index (χ4n) is 1.52. The smallest absolute Gasteiger partial charge is 0.288 e. The molecule has 0 fully saturated rings. The van der Waals surface area contributed by atoms with Crippen LogP contribution in [0, 0.1) is 0 Å². The van der Waals surface area contributed by atoms with Crippen LogP contribution in [0.2, 0.25) is 5.15 Å². The van der Waals surface area contributed by atoms with E-state index in [0.29, 0.717) is 10.8 Å². The fraction of sp³-hybridized carbons (Fsp3) is 0. The van der Waals surface area contributed by atoms with Gasteiger partial charge >= 0.3 is 0 Å². The number of halogens is 1. The summed E-state index contributed by atoms with van der Waals surface area (Å²) < 4.78 is 1.78. The third-order valence-electron chi connectivity index (χ3n) is 2.40. The number of aromatic nitrogens is 4. The zero-order chi connectivity index (χ0) is 13.9. The van der Waals surface area contributed by atoms with E-state index >= 15 is 0 Å². The molecule has 9 heteroatoms. The molecule has 0 saturated heterocycles. The number of imidazole rings is 1. The lowest BCUT2D eigenvalue weighted by molar-refractivity contribution is 0.0949. The number of amides is 1. The maximum absolute atomic E-state index is 11.7. The summed E-state index contributed by atoms with van der Waals surface area (Å²) in [5, 5.41) is 6.06. The number of carbonyl (C=O) groups is 1. The van der Waals surface area contributed by atoms with Gasteiger partial charge in [-0.25, -0.2) is 15.4 Å². The van der Waals surface area contributed by atoms with Crippen LogP contribution in [0.1, 0.15) is 16.2 Å². The van der Waals surface area contributed by atoms with Gasteiger partial charge in [0.1, 0.15) is 11.4 Å². The molecule has 3 heterocycles. The fourth-order valence-corrected chi connectivity index (χ4v) is 2.51. The molecule has 0 aromatic carbocycles. The second kappa shape index (κ2) is 5.35. The molecule has 0 saturated carbocycles. The SMILES string of the molecule is O=C(NN=Cc1c(Cl)nc2sccn12)c1cnccn1. The molecule has 0 spiro atoms. The van der Waals surface area contributed by atoms with Crippen molar-refractivity contribution in [1.29, 1.82) is 0 Å². The minimum absolute atomic E-state index is 0.185. The predicted molar refractivity (Wildman–Crippen MR) is 75.2 cm³/mol. The van der Waals surface area contributed by atoms with Crippen molar-refractivity contribution in [2.45, 2.75) is 0 Å². The molecular weight excluding hydrogens is 300 g/mol. The Morgan fingerprint density at radius 3 is 3.20 bits per heavy atom. The molecule has 3 aromatic rings. The maximum Gasteiger partial charge on any atom is 0.291 e. The highest BCUT2D eigenvalue weighted by Crippen LogP contribution is 2.19. The first-order valence-electron chi connectivity index (χ1n) is 5.46. The summed E-state index contributed by atoms with van der Waals surface area (Å²) in [4.78, 5) is 24.3. The Morgan fingerprint density at radius 2 is 2.40 bits per heavy atom. The van der Waals surface area contributed by atoms with Gasteiger partial charge in [0.25, 0.3) is 5.91 Å². The van der Waals surface area contributed by atoms with E-state index in [-0.39, 0.29) is 5.69 Å². The molecule has 0 aliphatic carbocycles. The molecule has 1 amide bonds. The predicted octanol–water partition coefficient (Wildman–Crippen LogP) is 1.60. The van der Waals surface area contributed by atoms with E-state index in [1.54, 1.807) is 4.40 Å². The van der Waals surface area contributed by atoms with E-state index in [0.717, 1.165) is 4.96 Å². The summed E-state index contributed by atoms with van der Waals surface area (Å²) in [6.07, 6.45) is 7.53. The van der Waals surface area contributed by atoms with Gasteiger partial charge in [-0.1, -0.05) is 11.6 Å². The van der Waals surface area contributed by atoms with Crippen LogP contribution in [0.4, 0.5) is 0 Å². The molecule has 3 aromatic heterocycles. The number of nitrogens with zero attached hydrogens (tertiary/aromatic N) is 5. The summed E-state index contributed by atoms with van der Waals surface area (Å²) in [6.45, 7) is 0. The topological polar surface area (TPSA) is 84.5 Å². The van der Waals surface area contributed by atoms with Gasteiger partial charge in [0.15, 0.2) is 10.1 Å². The molecule has 3 rings (SSSR count). The first-order chi connectivity index (χ1) is 9.75. The van der Waals surface area contributed by atoms with Gasteiger partial charge < -0.3 is 0 Å². The molecule has 7 nitrogen and oxygen atoms in total. The van der Waals surface area contributed by atoms with E-state index in [9.17, 15) is 4.79 Å². The summed E-state index contributed by atoms with van der Waals surface area (Å²) in [6, 6.07) is 0. The average Bonchev–Trinajstić information content (AvgIpc) is 3.02. The van der Waals surface area contributed by atoms with Crippen molar-refractivity contribution in [2.24, 2.45) is 5.10 Å². The number of fused-ring (bicyclic) bond motifs is 1. The van der Waals surface area contributed by atoms with E-state index in [1.807, 2.05) is 11.6 Å². The van der Waals surface area contributed by atoms with Crippen LogP contribution in [0.3, 0.4) is 0 Å². The minimum atomic E-state index is -0.448. The molecule has 100 valence electrons. The number of rotatable bonds is 3. The van der Waals surface area contributed by atoms with E-state index < -0.39 is 5.91 Å². The Balaban J connectivity index is 1.76. The van der Waals surface area contributed by atoms with Crippen LogP contribution in [0.25, 0.3) is 4.96 Å². The Hall–Kier alpha value is -2.32. The van der Waals surface area contributed by atoms with Crippen molar-refractivity contribution in [1.82, 2.24) is 24.8 Å². The molecule has 0 bridgehead atoms. The Kier molecular flexibility index (Phi) is 3.40. The summed E-state index contributed by atoms with van der Waals surface area (Å²) in [5.74, 6) is -0.448. The highest BCUT2D eigenvalue weighted by atomic mass is 35.5. The third-order valence-corrected chi connectivity index (χ3v) is 3.44. The van der Waals surface area contributed by atoms with Crippen LogP contribution >= 0.6 is 22.9 Å². The zero-order valence-corrected chi connectivity index (χ0v) is 11.5. The standard InChI is InChI=1S/C11H7ClN6OS/c12-9-8(18-3-4-20-11(18)16-9)6-15-17-10(19)7-5-13-1-2-14-7/h1-6H,(H,17,19). The van der Waals surface area contributed by atoms with Crippen LogP contribution in [0.15, 0.2) is 35.3 Å². The first kappa shape index (κ1) is 12.7. The second-order valence-corrected chi connectivity index (χ2v) is 4.86. The van der Waals surface area contributed by atoms with Crippen molar-refractivity contribution in [3.8, 4) is 0 Å². The molecule has 0 unspecified atom stereocenters. The number of hydrazone groups is 1. The summed E-state index contributed by atoms with van der Waals surface area (Å²) in [5.41, 5.74) is 3.14. The normalized spacial score (nSPS) is 11.2. The van der Waals surface area contributed by atoms with Gasteiger partial charge in [-0.15, -0.1) is 11.3 Å². The quantitative estimate of drug-likeness (QED) is 0.588. The van der Waals surface area contributed by atoms with Crippen molar-refractivity contribution in [2.75, 3.05) is 0 Å². The van der Waals surface area contributed by atoms with Gasteiger partial charge in [0.05, 0.1) is 12.4 Å². The third kappa shape index (κ3) is 2.38. The van der Waals surface area contributed by atoms with Crippen LogP contribution in [-0.4, -0.2) is 31.5 Å². The molecule has 0 aliphatic heterocycles. The highest BCUT2D eigenvalue weighted by molar-refractivity contribution is 7.15. The Bertz CT molecular complexity index is 781. The van der Waals surface area contributed by atoms with Crippen LogP contribution < -0.4 is 5.43 Å². The molecule has 20 heavy (non-hydrogen) atoms. The van der Waals surface area contributed by atoms with Crippen molar-refractivity contribution >= 4 is 40.0 Å². The van der Waals surface area contributed by atoms with Crippen molar-refractivity contribution in [3.05, 3.63) is 46.7 Å². The Labute approximate surface area is 122 Å². The lowest BCUT2D eigenvalue weighted by Gasteiger charge is -1.97.